The summed E-state index contributed by atoms with van der Waals surface area (Å²) in [6.07, 6.45) is 3.89. The molecule has 0 heterocycles. The number of likely N-dealkylation sites (N-methyl/N-ethyl adjacent to an activating group) is 2. The van der Waals surface area contributed by atoms with Crippen molar-refractivity contribution in [3.05, 3.63) is 35.4 Å². The van der Waals surface area contributed by atoms with Crippen molar-refractivity contribution in [3.8, 4) is 0 Å². The van der Waals surface area contributed by atoms with Gasteiger partial charge in [-0.2, -0.15) is 0 Å². The molecule has 2 rings (SSSR count). The molecule has 1 aliphatic carbocycles. The first-order valence-electron chi connectivity index (χ1n) is 7.85. The molecule has 0 aromatic heterocycles. The number of nitrogens with one attached hydrogen (secondary N) is 1. The Labute approximate surface area is 124 Å². The molecule has 0 amide bonds. The lowest BCUT2D eigenvalue weighted by Crippen LogP contribution is -2.52. The van der Waals surface area contributed by atoms with Crippen LogP contribution in [-0.2, 0) is 6.54 Å². The van der Waals surface area contributed by atoms with Gasteiger partial charge in [-0.3, -0.25) is 4.90 Å². The largest absolute Gasteiger partial charge is 0.315 e. The normalized spacial score (nSPS) is 25.9. The summed E-state index contributed by atoms with van der Waals surface area (Å²) in [5, 5.41) is 3.53. The minimum Gasteiger partial charge on any atom is -0.315 e. The minimum absolute atomic E-state index is 0.470. The van der Waals surface area contributed by atoms with Gasteiger partial charge in [0.1, 0.15) is 0 Å². The second kappa shape index (κ2) is 6.28. The van der Waals surface area contributed by atoms with E-state index in [9.17, 15) is 0 Å². The monoisotopic (exact) mass is 274 g/mol. The summed E-state index contributed by atoms with van der Waals surface area (Å²) < 4.78 is 0. The van der Waals surface area contributed by atoms with Crippen molar-refractivity contribution < 1.29 is 0 Å². The van der Waals surface area contributed by atoms with Crippen LogP contribution in [0.3, 0.4) is 0 Å². The van der Waals surface area contributed by atoms with Crippen LogP contribution in [0.1, 0.15) is 44.2 Å². The Kier molecular flexibility index (Phi) is 4.87. The molecule has 2 nitrogen and oxygen atoms in total. The molecule has 1 N–H and O–H groups in total. The number of hydrogen-bond donors (Lipinski definition) is 1. The lowest BCUT2D eigenvalue weighted by molar-refractivity contribution is 0.0803. The van der Waals surface area contributed by atoms with E-state index in [1.54, 1.807) is 0 Å². The van der Waals surface area contributed by atoms with Crippen molar-refractivity contribution in [3.63, 3.8) is 0 Å². The predicted molar refractivity (Wildman–Crippen MR) is 86.9 cm³/mol. The zero-order valence-electron chi connectivity index (χ0n) is 13.7. The van der Waals surface area contributed by atoms with E-state index < -0.39 is 0 Å². The molecule has 1 aromatic carbocycles. The Bertz CT molecular complexity index is 439. The first-order chi connectivity index (χ1) is 9.43. The summed E-state index contributed by atoms with van der Waals surface area (Å²) in [5.74, 6) is 0. The molecule has 1 saturated carbocycles. The fraction of sp³-hybridized carbons (Fsp3) is 0.667. The van der Waals surface area contributed by atoms with Gasteiger partial charge in [-0.15, -0.1) is 0 Å². The van der Waals surface area contributed by atoms with Gasteiger partial charge in [0.15, 0.2) is 0 Å². The van der Waals surface area contributed by atoms with E-state index in [0.29, 0.717) is 17.5 Å². The van der Waals surface area contributed by atoms with Crippen LogP contribution < -0.4 is 5.32 Å². The fourth-order valence-corrected chi connectivity index (χ4v) is 3.52. The molecule has 0 spiro atoms. The van der Waals surface area contributed by atoms with Gasteiger partial charge in [0.25, 0.3) is 0 Å². The lowest BCUT2D eigenvalue weighted by Gasteiger charge is -2.45. The highest BCUT2D eigenvalue weighted by atomic mass is 15.2. The molecule has 1 aromatic rings. The SMILES string of the molecule is CNC1CCC(C)(C)CC1N(C)Cc1ccccc1C. The van der Waals surface area contributed by atoms with Crippen LogP contribution in [0.5, 0.6) is 0 Å². The molecule has 2 atom stereocenters. The van der Waals surface area contributed by atoms with E-state index in [4.69, 9.17) is 0 Å². The molecule has 0 radical (unpaired) electrons. The molecule has 20 heavy (non-hydrogen) atoms. The van der Waals surface area contributed by atoms with Crippen LogP contribution in [0.2, 0.25) is 0 Å². The summed E-state index contributed by atoms with van der Waals surface area (Å²) in [5.41, 5.74) is 3.32. The quantitative estimate of drug-likeness (QED) is 0.902. The van der Waals surface area contributed by atoms with E-state index >= 15 is 0 Å². The summed E-state index contributed by atoms with van der Waals surface area (Å²) >= 11 is 0. The summed E-state index contributed by atoms with van der Waals surface area (Å²) in [7, 11) is 4.39. The third kappa shape index (κ3) is 3.62. The van der Waals surface area contributed by atoms with Crippen LogP contribution in [0.25, 0.3) is 0 Å². The standard InChI is InChI=1S/C18H30N2/c1-14-8-6-7-9-15(14)13-20(5)17-12-18(2,3)11-10-16(17)19-4/h6-9,16-17,19H,10-13H2,1-5H3. The average Bonchev–Trinajstić information content (AvgIpc) is 2.40. The smallest absolute Gasteiger partial charge is 0.0254 e. The van der Waals surface area contributed by atoms with Crippen LogP contribution in [0, 0.1) is 12.3 Å². The number of hydrogen-bond acceptors (Lipinski definition) is 2. The van der Waals surface area contributed by atoms with Gasteiger partial charge in [0.2, 0.25) is 0 Å². The van der Waals surface area contributed by atoms with E-state index in [1.807, 2.05) is 0 Å². The maximum atomic E-state index is 3.53. The van der Waals surface area contributed by atoms with Gasteiger partial charge < -0.3 is 5.32 Å². The van der Waals surface area contributed by atoms with Gasteiger partial charge in [-0.05, 0) is 56.8 Å². The molecule has 1 aliphatic rings. The Morgan fingerprint density at radius 3 is 2.65 bits per heavy atom. The molecule has 0 aliphatic heterocycles. The van der Waals surface area contributed by atoms with Crippen molar-refractivity contribution >= 4 is 0 Å². The van der Waals surface area contributed by atoms with Crippen LogP contribution in [0.4, 0.5) is 0 Å². The lowest BCUT2D eigenvalue weighted by atomic mass is 9.72. The summed E-state index contributed by atoms with van der Waals surface area (Å²) in [6, 6.07) is 9.99. The zero-order chi connectivity index (χ0) is 14.8. The molecule has 2 heteroatoms. The molecular weight excluding hydrogens is 244 g/mol. The third-order valence-corrected chi connectivity index (χ3v) is 4.98. The Morgan fingerprint density at radius 2 is 2.00 bits per heavy atom. The predicted octanol–water partition coefficient (Wildman–Crippen LogP) is 3.59. The van der Waals surface area contributed by atoms with Gasteiger partial charge in [0, 0.05) is 18.6 Å². The molecule has 2 unspecified atom stereocenters. The van der Waals surface area contributed by atoms with Gasteiger partial charge in [-0.25, -0.2) is 0 Å². The van der Waals surface area contributed by atoms with Crippen LogP contribution in [0.15, 0.2) is 24.3 Å². The second-order valence-corrected chi connectivity index (χ2v) is 7.21. The van der Waals surface area contributed by atoms with E-state index in [2.05, 4.69) is 69.3 Å². The van der Waals surface area contributed by atoms with E-state index in [1.165, 1.54) is 30.4 Å². The zero-order valence-corrected chi connectivity index (χ0v) is 13.7. The molecule has 1 fully saturated rings. The highest BCUT2D eigenvalue weighted by Crippen LogP contribution is 2.37. The van der Waals surface area contributed by atoms with Crippen molar-refractivity contribution in [2.75, 3.05) is 14.1 Å². The number of nitrogens with zero attached hydrogens (tertiary/aromatic N) is 1. The molecular formula is C18H30N2. The highest BCUT2D eigenvalue weighted by Gasteiger charge is 2.36. The van der Waals surface area contributed by atoms with Crippen LogP contribution in [-0.4, -0.2) is 31.1 Å². The Balaban J connectivity index is 2.09. The van der Waals surface area contributed by atoms with Crippen molar-refractivity contribution in [2.45, 2.75) is 58.7 Å². The van der Waals surface area contributed by atoms with E-state index in [-0.39, 0.29) is 0 Å². The van der Waals surface area contributed by atoms with Gasteiger partial charge in [0.05, 0.1) is 0 Å². The molecule has 0 saturated heterocycles. The second-order valence-electron chi connectivity index (χ2n) is 7.21. The summed E-state index contributed by atoms with van der Waals surface area (Å²) in [6.45, 7) is 8.08. The summed E-state index contributed by atoms with van der Waals surface area (Å²) in [4.78, 5) is 2.55. The molecule has 112 valence electrons. The minimum atomic E-state index is 0.470. The number of rotatable bonds is 4. The molecule has 0 bridgehead atoms. The maximum Gasteiger partial charge on any atom is 0.0254 e. The number of benzene rings is 1. The van der Waals surface area contributed by atoms with Crippen LogP contribution >= 0.6 is 0 Å². The Hall–Kier alpha value is -0.860. The van der Waals surface area contributed by atoms with Crippen molar-refractivity contribution in [2.24, 2.45) is 5.41 Å². The fourth-order valence-electron chi connectivity index (χ4n) is 3.52. The Morgan fingerprint density at radius 1 is 1.30 bits per heavy atom. The topological polar surface area (TPSA) is 15.3 Å². The highest BCUT2D eigenvalue weighted by molar-refractivity contribution is 5.25. The average molecular weight is 274 g/mol. The maximum absolute atomic E-state index is 3.53. The van der Waals surface area contributed by atoms with Gasteiger partial charge in [-0.1, -0.05) is 38.1 Å². The first kappa shape index (κ1) is 15.5. The third-order valence-electron chi connectivity index (χ3n) is 4.98. The first-order valence-corrected chi connectivity index (χ1v) is 7.85. The van der Waals surface area contributed by atoms with E-state index in [0.717, 1.165) is 6.54 Å². The number of aryl methyl sites for hydroxylation is 1. The van der Waals surface area contributed by atoms with Crippen molar-refractivity contribution in [1.29, 1.82) is 0 Å². The van der Waals surface area contributed by atoms with Crippen molar-refractivity contribution in [1.82, 2.24) is 10.2 Å². The van der Waals surface area contributed by atoms with Gasteiger partial charge >= 0.3 is 0 Å².